The van der Waals surface area contributed by atoms with Crippen molar-refractivity contribution in [3.05, 3.63) is 47.2 Å². The summed E-state index contributed by atoms with van der Waals surface area (Å²) >= 11 is 5.96. The molecule has 1 aromatic carbocycles. The molecule has 4 heteroatoms. The Morgan fingerprint density at radius 2 is 2.24 bits per heavy atom. The molecule has 2 aromatic rings. The van der Waals surface area contributed by atoms with Gasteiger partial charge in [0.2, 0.25) is 0 Å². The lowest BCUT2D eigenvalue weighted by Crippen LogP contribution is -2.15. The average molecular weight is 248 g/mol. The highest BCUT2D eigenvalue weighted by Crippen LogP contribution is 2.19. The average Bonchev–Trinajstić information content (AvgIpc) is 3.04. The second-order valence-electron chi connectivity index (χ2n) is 4.39. The van der Waals surface area contributed by atoms with E-state index in [4.69, 9.17) is 11.6 Å². The van der Waals surface area contributed by atoms with Crippen LogP contribution in [0.3, 0.4) is 0 Å². The number of hydrogen-bond donors (Lipinski definition) is 1. The van der Waals surface area contributed by atoms with E-state index < -0.39 is 0 Å². The molecule has 1 fully saturated rings. The van der Waals surface area contributed by atoms with Gasteiger partial charge >= 0.3 is 0 Å². The standard InChI is InChI=1S/C13H14ClN3/c14-10-2-1-3-13(8-10)17-7-6-12(16-17)9-15-11-4-5-11/h1-3,6-8,11,15H,4-5,9H2. The second-order valence-corrected chi connectivity index (χ2v) is 4.82. The van der Waals surface area contributed by atoms with Crippen LogP contribution < -0.4 is 5.32 Å². The minimum atomic E-state index is 0.714. The van der Waals surface area contributed by atoms with Crippen LogP contribution in [0.4, 0.5) is 0 Å². The summed E-state index contributed by atoms with van der Waals surface area (Å²) < 4.78 is 1.86. The molecule has 0 saturated heterocycles. The zero-order chi connectivity index (χ0) is 11.7. The first-order valence-corrected chi connectivity index (χ1v) is 6.23. The lowest BCUT2D eigenvalue weighted by Gasteiger charge is -2.02. The van der Waals surface area contributed by atoms with Gasteiger partial charge in [0, 0.05) is 23.8 Å². The number of halogens is 1. The largest absolute Gasteiger partial charge is 0.308 e. The Morgan fingerprint density at radius 1 is 1.35 bits per heavy atom. The SMILES string of the molecule is Clc1cccc(-n2ccc(CNC3CC3)n2)c1. The molecule has 0 radical (unpaired) electrons. The third-order valence-electron chi connectivity index (χ3n) is 2.87. The van der Waals surface area contributed by atoms with Crippen molar-refractivity contribution in [2.45, 2.75) is 25.4 Å². The molecule has 0 bridgehead atoms. The van der Waals surface area contributed by atoms with E-state index in [-0.39, 0.29) is 0 Å². The van der Waals surface area contributed by atoms with Crippen LogP contribution in [-0.2, 0) is 6.54 Å². The fourth-order valence-electron chi connectivity index (χ4n) is 1.75. The molecule has 3 nitrogen and oxygen atoms in total. The first kappa shape index (κ1) is 10.8. The van der Waals surface area contributed by atoms with Crippen molar-refractivity contribution in [2.75, 3.05) is 0 Å². The van der Waals surface area contributed by atoms with Gasteiger partial charge in [0.05, 0.1) is 11.4 Å². The lowest BCUT2D eigenvalue weighted by atomic mass is 10.3. The highest BCUT2D eigenvalue weighted by Gasteiger charge is 2.20. The van der Waals surface area contributed by atoms with Crippen LogP contribution in [0.5, 0.6) is 0 Å². The summed E-state index contributed by atoms with van der Waals surface area (Å²) in [7, 11) is 0. The minimum Gasteiger partial charge on any atom is -0.308 e. The van der Waals surface area contributed by atoms with Gasteiger partial charge < -0.3 is 5.32 Å². The molecular formula is C13H14ClN3. The van der Waals surface area contributed by atoms with E-state index in [0.717, 1.165) is 22.9 Å². The molecule has 0 unspecified atom stereocenters. The zero-order valence-corrected chi connectivity index (χ0v) is 10.2. The minimum absolute atomic E-state index is 0.714. The molecule has 0 aliphatic heterocycles. The van der Waals surface area contributed by atoms with Crippen molar-refractivity contribution in [3.8, 4) is 5.69 Å². The lowest BCUT2D eigenvalue weighted by molar-refractivity contribution is 0.665. The van der Waals surface area contributed by atoms with E-state index in [2.05, 4.69) is 10.4 Å². The van der Waals surface area contributed by atoms with Crippen LogP contribution in [0.1, 0.15) is 18.5 Å². The van der Waals surface area contributed by atoms with E-state index >= 15 is 0 Å². The quantitative estimate of drug-likeness (QED) is 0.901. The molecule has 1 aromatic heterocycles. The number of nitrogens with zero attached hydrogens (tertiary/aromatic N) is 2. The highest BCUT2D eigenvalue weighted by molar-refractivity contribution is 6.30. The summed E-state index contributed by atoms with van der Waals surface area (Å²) in [6.45, 7) is 0.845. The molecule has 1 heterocycles. The van der Waals surface area contributed by atoms with Crippen LogP contribution in [0.15, 0.2) is 36.5 Å². The molecule has 17 heavy (non-hydrogen) atoms. The number of rotatable bonds is 4. The molecule has 0 spiro atoms. The highest BCUT2D eigenvalue weighted by atomic mass is 35.5. The van der Waals surface area contributed by atoms with Crippen molar-refractivity contribution in [2.24, 2.45) is 0 Å². The fraction of sp³-hybridized carbons (Fsp3) is 0.308. The summed E-state index contributed by atoms with van der Waals surface area (Å²) in [5.41, 5.74) is 2.06. The third kappa shape index (κ3) is 2.68. The number of aromatic nitrogens is 2. The van der Waals surface area contributed by atoms with Crippen LogP contribution in [0.25, 0.3) is 5.69 Å². The van der Waals surface area contributed by atoms with Gasteiger partial charge in [-0.3, -0.25) is 0 Å². The van der Waals surface area contributed by atoms with Crippen LogP contribution in [0, 0.1) is 0 Å². The van der Waals surface area contributed by atoms with E-state index in [1.165, 1.54) is 12.8 Å². The van der Waals surface area contributed by atoms with E-state index in [1.807, 2.05) is 41.2 Å². The monoisotopic (exact) mass is 247 g/mol. The maximum atomic E-state index is 5.96. The molecule has 1 aliphatic rings. The smallest absolute Gasteiger partial charge is 0.0766 e. The van der Waals surface area contributed by atoms with E-state index in [1.54, 1.807) is 0 Å². The molecule has 0 atom stereocenters. The van der Waals surface area contributed by atoms with Crippen LogP contribution >= 0.6 is 11.6 Å². The molecule has 3 rings (SSSR count). The van der Waals surface area contributed by atoms with Crippen molar-refractivity contribution < 1.29 is 0 Å². The van der Waals surface area contributed by atoms with Crippen molar-refractivity contribution in [3.63, 3.8) is 0 Å². The first-order chi connectivity index (χ1) is 8.31. The second kappa shape index (κ2) is 4.51. The van der Waals surface area contributed by atoms with Crippen molar-refractivity contribution in [1.29, 1.82) is 0 Å². The van der Waals surface area contributed by atoms with Crippen molar-refractivity contribution >= 4 is 11.6 Å². The molecule has 1 saturated carbocycles. The van der Waals surface area contributed by atoms with Gasteiger partial charge in [0.25, 0.3) is 0 Å². The van der Waals surface area contributed by atoms with Crippen LogP contribution in [0.2, 0.25) is 5.02 Å². The third-order valence-corrected chi connectivity index (χ3v) is 3.10. The van der Waals surface area contributed by atoms with Gasteiger partial charge in [-0.05, 0) is 37.1 Å². The maximum Gasteiger partial charge on any atom is 0.0766 e. The Bertz CT molecular complexity index is 517. The predicted octanol–water partition coefficient (Wildman–Crippen LogP) is 2.78. The van der Waals surface area contributed by atoms with Gasteiger partial charge in [-0.2, -0.15) is 5.10 Å². The number of benzene rings is 1. The van der Waals surface area contributed by atoms with Crippen LogP contribution in [-0.4, -0.2) is 15.8 Å². The summed E-state index contributed by atoms with van der Waals surface area (Å²) in [6, 6.07) is 10.5. The van der Waals surface area contributed by atoms with Crippen molar-refractivity contribution in [1.82, 2.24) is 15.1 Å². The van der Waals surface area contributed by atoms with Gasteiger partial charge in [-0.15, -0.1) is 0 Å². The summed E-state index contributed by atoms with van der Waals surface area (Å²) in [4.78, 5) is 0. The Morgan fingerprint density at radius 3 is 3.00 bits per heavy atom. The Hall–Kier alpha value is -1.32. The van der Waals surface area contributed by atoms with Gasteiger partial charge in [0.1, 0.15) is 0 Å². The first-order valence-electron chi connectivity index (χ1n) is 5.85. The fourth-order valence-corrected chi connectivity index (χ4v) is 1.94. The molecule has 88 valence electrons. The zero-order valence-electron chi connectivity index (χ0n) is 9.44. The van der Waals surface area contributed by atoms with Gasteiger partial charge in [-0.25, -0.2) is 4.68 Å². The van der Waals surface area contributed by atoms with Gasteiger partial charge in [0.15, 0.2) is 0 Å². The predicted molar refractivity (Wildman–Crippen MR) is 68.4 cm³/mol. The Balaban J connectivity index is 1.74. The normalized spacial score (nSPS) is 15.1. The van der Waals surface area contributed by atoms with E-state index in [0.29, 0.717) is 6.04 Å². The summed E-state index contributed by atoms with van der Waals surface area (Å²) in [5, 5.41) is 8.70. The molecule has 1 N–H and O–H groups in total. The maximum absolute atomic E-state index is 5.96. The summed E-state index contributed by atoms with van der Waals surface area (Å²) in [5.74, 6) is 0. The summed E-state index contributed by atoms with van der Waals surface area (Å²) in [6.07, 6.45) is 4.57. The Kier molecular flexibility index (Phi) is 2.87. The Labute approximate surface area is 105 Å². The molecule has 0 amide bonds. The van der Waals surface area contributed by atoms with E-state index in [9.17, 15) is 0 Å². The topological polar surface area (TPSA) is 29.9 Å². The molecule has 1 aliphatic carbocycles. The molecular weight excluding hydrogens is 234 g/mol. The number of nitrogens with one attached hydrogen (secondary N) is 1. The number of hydrogen-bond acceptors (Lipinski definition) is 2. The van der Waals surface area contributed by atoms with Gasteiger partial charge in [-0.1, -0.05) is 17.7 Å².